The number of hydrogen-bond donors (Lipinski definition) is 0. The van der Waals surface area contributed by atoms with Gasteiger partial charge in [-0.25, -0.2) is 0 Å². The van der Waals surface area contributed by atoms with E-state index in [0.717, 1.165) is 39.2 Å². The number of aromatic nitrogens is 1. The van der Waals surface area contributed by atoms with Crippen molar-refractivity contribution in [1.82, 2.24) is 4.98 Å². The SMILES string of the molecule is COc1c(C)cc(C)cc1N=Nc1cccc2cccnc12. The Morgan fingerprint density at radius 2 is 1.73 bits per heavy atom. The Hall–Kier alpha value is -2.75. The number of hydrogen-bond acceptors (Lipinski definition) is 4. The zero-order valence-corrected chi connectivity index (χ0v) is 12.9. The highest BCUT2D eigenvalue weighted by molar-refractivity contribution is 5.88. The number of fused-ring (bicyclic) bond motifs is 1. The lowest BCUT2D eigenvalue weighted by Gasteiger charge is -2.08. The van der Waals surface area contributed by atoms with Crippen molar-refractivity contribution < 1.29 is 4.74 Å². The van der Waals surface area contributed by atoms with E-state index in [4.69, 9.17) is 4.74 Å². The van der Waals surface area contributed by atoms with Gasteiger partial charge in [-0.3, -0.25) is 4.98 Å². The molecule has 0 saturated carbocycles. The maximum Gasteiger partial charge on any atom is 0.149 e. The molecule has 0 radical (unpaired) electrons. The van der Waals surface area contributed by atoms with Gasteiger partial charge in [-0.1, -0.05) is 24.3 Å². The highest BCUT2D eigenvalue weighted by Crippen LogP contribution is 2.34. The molecule has 0 unspecified atom stereocenters. The molecular formula is C18H17N3O. The van der Waals surface area contributed by atoms with Gasteiger partial charge in [0.05, 0.1) is 12.6 Å². The van der Waals surface area contributed by atoms with E-state index in [1.165, 1.54) is 0 Å². The second-order valence-corrected chi connectivity index (χ2v) is 5.19. The standard InChI is InChI=1S/C18H17N3O/c1-12-10-13(2)18(22-3)16(11-12)21-20-15-8-4-6-14-7-5-9-19-17(14)15/h4-11H,1-3H3. The molecular weight excluding hydrogens is 274 g/mol. The van der Waals surface area contributed by atoms with Crippen molar-refractivity contribution in [1.29, 1.82) is 0 Å². The summed E-state index contributed by atoms with van der Waals surface area (Å²) >= 11 is 0. The predicted molar refractivity (Wildman–Crippen MR) is 88.4 cm³/mol. The van der Waals surface area contributed by atoms with Crippen LogP contribution in [0.25, 0.3) is 10.9 Å². The second kappa shape index (κ2) is 5.93. The number of rotatable bonds is 3. The number of methoxy groups -OCH3 is 1. The smallest absolute Gasteiger partial charge is 0.149 e. The summed E-state index contributed by atoms with van der Waals surface area (Å²) in [6.07, 6.45) is 1.76. The number of pyridine rings is 1. The first-order valence-corrected chi connectivity index (χ1v) is 7.10. The molecule has 0 aliphatic rings. The monoisotopic (exact) mass is 291 g/mol. The van der Waals surface area contributed by atoms with Gasteiger partial charge in [0, 0.05) is 11.6 Å². The lowest BCUT2D eigenvalue weighted by Crippen LogP contribution is -1.88. The van der Waals surface area contributed by atoms with E-state index in [-0.39, 0.29) is 0 Å². The van der Waals surface area contributed by atoms with Crippen molar-refractivity contribution in [3.8, 4) is 5.75 Å². The number of ether oxygens (including phenoxy) is 1. The van der Waals surface area contributed by atoms with E-state index in [0.29, 0.717) is 0 Å². The molecule has 0 amide bonds. The Kier molecular flexibility index (Phi) is 3.83. The number of aryl methyl sites for hydroxylation is 2. The largest absolute Gasteiger partial charge is 0.494 e. The Bertz CT molecular complexity index is 851. The van der Waals surface area contributed by atoms with Gasteiger partial charge in [0.25, 0.3) is 0 Å². The lowest BCUT2D eigenvalue weighted by atomic mass is 10.1. The first kappa shape index (κ1) is 14.2. The van der Waals surface area contributed by atoms with Gasteiger partial charge in [-0.15, -0.1) is 10.2 Å². The number of nitrogens with zero attached hydrogens (tertiary/aromatic N) is 3. The summed E-state index contributed by atoms with van der Waals surface area (Å²) in [4.78, 5) is 4.39. The predicted octanol–water partition coefficient (Wildman–Crippen LogP) is 5.28. The number of benzene rings is 2. The fraction of sp³-hybridized carbons (Fsp3) is 0.167. The van der Waals surface area contributed by atoms with Gasteiger partial charge < -0.3 is 4.74 Å². The average Bonchev–Trinajstić information content (AvgIpc) is 2.52. The van der Waals surface area contributed by atoms with Gasteiger partial charge in [0.2, 0.25) is 0 Å². The van der Waals surface area contributed by atoms with E-state index in [2.05, 4.69) is 21.3 Å². The van der Waals surface area contributed by atoms with Crippen molar-refractivity contribution >= 4 is 22.3 Å². The molecule has 0 spiro atoms. The third-order valence-electron chi connectivity index (χ3n) is 3.48. The fourth-order valence-corrected chi connectivity index (χ4v) is 2.55. The molecule has 0 fully saturated rings. The third-order valence-corrected chi connectivity index (χ3v) is 3.48. The third kappa shape index (κ3) is 2.68. The Morgan fingerprint density at radius 1 is 0.955 bits per heavy atom. The molecule has 1 heterocycles. The zero-order valence-electron chi connectivity index (χ0n) is 12.9. The van der Waals surface area contributed by atoms with Crippen LogP contribution in [0.1, 0.15) is 11.1 Å². The fourth-order valence-electron chi connectivity index (χ4n) is 2.55. The highest BCUT2D eigenvalue weighted by Gasteiger charge is 2.07. The van der Waals surface area contributed by atoms with Crippen LogP contribution in [0.5, 0.6) is 5.75 Å². The van der Waals surface area contributed by atoms with Crippen molar-refractivity contribution in [2.75, 3.05) is 7.11 Å². The molecule has 0 N–H and O–H groups in total. The molecule has 0 aliphatic carbocycles. The van der Waals surface area contributed by atoms with Crippen LogP contribution in [0.4, 0.5) is 11.4 Å². The van der Waals surface area contributed by atoms with E-state index in [9.17, 15) is 0 Å². The molecule has 22 heavy (non-hydrogen) atoms. The number of para-hydroxylation sites is 1. The zero-order chi connectivity index (χ0) is 15.5. The van der Waals surface area contributed by atoms with Crippen LogP contribution in [0.3, 0.4) is 0 Å². The molecule has 0 aliphatic heterocycles. The molecule has 0 saturated heterocycles. The summed E-state index contributed by atoms with van der Waals surface area (Å²) in [5.41, 5.74) is 4.50. The van der Waals surface area contributed by atoms with Gasteiger partial charge in [0.1, 0.15) is 17.1 Å². The van der Waals surface area contributed by atoms with Crippen LogP contribution < -0.4 is 4.74 Å². The summed E-state index contributed by atoms with van der Waals surface area (Å²) in [6, 6.07) is 13.8. The number of azo groups is 1. The van der Waals surface area contributed by atoms with Gasteiger partial charge >= 0.3 is 0 Å². The van der Waals surface area contributed by atoms with E-state index in [1.54, 1.807) is 13.3 Å². The second-order valence-electron chi connectivity index (χ2n) is 5.19. The van der Waals surface area contributed by atoms with Gasteiger partial charge in [-0.2, -0.15) is 0 Å². The Labute approximate surface area is 129 Å². The summed E-state index contributed by atoms with van der Waals surface area (Å²) in [7, 11) is 1.65. The maximum absolute atomic E-state index is 5.44. The topological polar surface area (TPSA) is 46.8 Å². The Morgan fingerprint density at radius 3 is 2.55 bits per heavy atom. The van der Waals surface area contributed by atoms with E-state index >= 15 is 0 Å². The van der Waals surface area contributed by atoms with Crippen molar-refractivity contribution in [2.24, 2.45) is 10.2 Å². The molecule has 0 atom stereocenters. The maximum atomic E-state index is 5.44. The summed E-state index contributed by atoms with van der Waals surface area (Å²) in [5.74, 6) is 0.752. The summed E-state index contributed by atoms with van der Waals surface area (Å²) in [6.45, 7) is 4.04. The van der Waals surface area contributed by atoms with Crippen LogP contribution in [0.2, 0.25) is 0 Å². The first-order valence-electron chi connectivity index (χ1n) is 7.10. The van der Waals surface area contributed by atoms with Crippen LogP contribution in [-0.2, 0) is 0 Å². The van der Waals surface area contributed by atoms with Crippen LogP contribution in [0.15, 0.2) is 58.9 Å². The van der Waals surface area contributed by atoms with Crippen molar-refractivity contribution in [3.63, 3.8) is 0 Å². The van der Waals surface area contributed by atoms with Crippen molar-refractivity contribution in [2.45, 2.75) is 13.8 Å². The lowest BCUT2D eigenvalue weighted by molar-refractivity contribution is 0.412. The molecule has 0 bridgehead atoms. The van der Waals surface area contributed by atoms with Crippen LogP contribution in [-0.4, -0.2) is 12.1 Å². The first-order chi connectivity index (χ1) is 10.7. The van der Waals surface area contributed by atoms with Crippen LogP contribution in [0, 0.1) is 13.8 Å². The minimum Gasteiger partial charge on any atom is -0.494 e. The van der Waals surface area contributed by atoms with Gasteiger partial charge in [-0.05, 0) is 43.2 Å². The van der Waals surface area contributed by atoms with E-state index in [1.807, 2.05) is 50.2 Å². The minimum atomic E-state index is 0.730. The van der Waals surface area contributed by atoms with Crippen molar-refractivity contribution in [3.05, 3.63) is 59.8 Å². The van der Waals surface area contributed by atoms with E-state index < -0.39 is 0 Å². The summed E-state index contributed by atoms with van der Waals surface area (Å²) in [5, 5.41) is 9.80. The van der Waals surface area contributed by atoms with Crippen LogP contribution >= 0.6 is 0 Å². The molecule has 1 aromatic heterocycles. The molecule has 3 aromatic rings. The molecule has 3 rings (SSSR count). The molecule has 110 valence electrons. The highest BCUT2D eigenvalue weighted by atomic mass is 16.5. The van der Waals surface area contributed by atoms with Gasteiger partial charge in [0.15, 0.2) is 0 Å². The minimum absolute atomic E-state index is 0.730. The quantitative estimate of drug-likeness (QED) is 0.617. The molecule has 2 aromatic carbocycles. The molecule has 4 heteroatoms. The molecule has 4 nitrogen and oxygen atoms in total. The average molecular weight is 291 g/mol. The normalized spacial score (nSPS) is 11.2. The summed E-state index contributed by atoms with van der Waals surface area (Å²) < 4.78 is 5.44. The Balaban J connectivity index is 2.07.